The van der Waals surface area contributed by atoms with E-state index in [1.165, 1.54) is 5.56 Å². The monoisotopic (exact) mass is 421 g/mol. The van der Waals surface area contributed by atoms with Gasteiger partial charge in [0.05, 0.1) is 13.1 Å². The normalized spacial score (nSPS) is 18.7. The largest absolute Gasteiger partial charge is 0.357 e. The highest BCUT2D eigenvalue weighted by molar-refractivity contribution is 9.10. The number of rotatable bonds is 6. The second-order valence-corrected chi connectivity index (χ2v) is 7.82. The first-order valence-electron chi connectivity index (χ1n) is 9.43. The molecule has 1 saturated heterocycles. The van der Waals surface area contributed by atoms with Gasteiger partial charge in [-0.25, -0.2) is 4.99 Å². The van der Waals surface area contributed by atoms with Crippen molar-refractivity contribution in [1.82, 2.24) is 20.4 Å². The van der Waals surface area contributed by atoms with E-state index >= 15 is 0 Å². The van der Waals surface area contributed by atoms with E-state index in [1.807, 2.05) is 12.1 Å². The predicted molar refractivity (Wildman–Crippen MR) is 108 cm³/mol. The van der Waals surface area contributed by atoms with Crippen molar-refractivity contribution < 1.29 is 4.79 Å². The number of carbonyl (C=O) groups is 1. The zero-order valence-electron chi connectivity index (χ0n) is 15.4. The van der Waals surface area contributed by atoms with Crippen LogP contribution in [0, 0.1) is 0 Å². The molecule has 2 fully saturated rings. The molecule has 1 aliphatic heterocycles. The summed E-state index contributed by atoms with van der Waals surface area (Å²) in [5, 5.41) is 6.46. The smallest absolute Gasteiger partial charge is 0.234 e. The van der Waals surface area contributed by atoms with Gasteiger partial charge in [0.2, 0.25) is 5.91 Å². The third-order valence-electron chi connectivity index (χ3n) is 4.64. The Morgan fingerprint density at radius 1 is 1.19 bits per heavy atom. The molecule has 142 valence electrons. The Balaban J connectivity index is 1.49. The van der Waals surface area contributed by atoms with E-state index < -0.39 is 0 Å². The van der Waals surface area contributed by atoms with E-state index in [0.29, 0.717) is 19.1 Å². The maximum atomic E-state index is 12.0. The molecule has 1 aliphatic carbocycles. The number of benzene rings is 1. The molecule has 1 aromatic carbocycles. The number of piperazine rings is 1. The van der Waals surface area contributed by atoms with Gasteiger partial charge >= 0.3 is 0 Å². The zero-order valence-corrected chi connectivity index (χ0v) is 17.0. The average molecular weight is 422 g/mol. The molecule has 3 rings (SSSR count). The number of nitrogens with one attached hydrogen (secondary N) is 2. The summed E-state index contributed by atoms with van der Waals surface area (Å²) < 4.78 is 1.08. The van der Waals surface area contributed by atoms with Crippen molar-refractivity contribution in [3.8, 4) is 0 Å². The summed E-state index contributed by atoms with van der Waals surface area (Å²) in [6.07, 6.45) is 2.28. The topological polar surface area (TPSA) is 60.0 Å². The molecular weight excluding hydrogens is 394 g/mol. The van der Waals surface area contributed by atoms with Gasteiger partial charge in [0.1, 0.15) is 0 Å². The van der Waals surface area contributed by atoms with Crippen LogP contribution in [-0.2, 0) is 11.3 Å². The molecule has 1 heterocycles. The number of aliphatic imine (C=N–C) groups is 1. The van der Waals surface area contributed by atoms with Crippen LogP contribution in [0.2, 0.25) is 0 Å². The molecule has 26 heavy (non-hydrogen) atoms. The minimum absolute atomic E-state index is 0.164. The van der Waals surface area contributed by atoms with Crippen molar-refractivity contribution in [3.05, 3.63) is 34.3 Å². The van der Waals surface area contributed by atoms with Gasteiger partial charge in [0, 0.05) is 43.2 Å². The van der Waals surface area contributed by atoms with Crippen LogP contribution in [0.4, 0.5) is 0 Å². The fraction of sp³-hybridized carbons (Fsp3) is 0.579. The molecule has 0 spiro atoms. The molecule has 0 unspecified atom stereocenters. The number of halogens is 1. The molecule has 6 nitrogen and oxygen atoms in total. The number of hydrogen-bond donors (Lipinski definition) is 2. The minimum Gasteiger partial charge on any atom is -0.357 e. The van der Waals surface area contributed by atoms with Gasteiger partial charge in [-0.1, -0.05) is 28.1 Å². The fourth-order valence-corrected chi connectivity index (χ4v) is 3.27. The molecule has 0 bridgehead atoms. The Bertz CT molecular complexity index is 621. The van der Waals surface area contributed by atoms with E-state index in [4.69, 9.17) is 4.99 Å². The van der Waals surface area contributed by atoms with Crippen LogP contribution in [0.15, 0.2) is 33.7 Å². The van der Waals surface area contributed by atoms with Crippen molar-refractivity contribution in [2.75, 3.05) is 39.3 Å². The fourth-order valence-electron chi connectivity index (χ4n) is 3.00. The standard InChI is InChI=1S/C19H28BrN5O/c1-2-21-19(22-13-15-3-5-16(20)6-4-15)25-11-9-24(10-12-25)14-18(26)23-17-7-8-17/h3-6,17H,2,7-14H2,1H3,(H,21,22)(H,23,26). The Hall–Kier alpha value is -1.60. The SMILES string of the molecule is CCNC(=NCc1ccc(Br)cc1)N1CCN(CC(=O)NC2CC2)CC1. The van der Waals surface area contributed by atoms with Crippen molar-refractivity contribution in [2.24, 2.45) is 4.99 Å². The number of nitrogens with zero attached hydrogens (tertiary/aromatic N) is 3. The van der Waals surface area contributed by atoms with Gasteiger partial charge in [-0.2, -0.15) is 0 Å². The van der Waals surface area contributed by atoms with Crippen LogP contribution in [0.5, 0.6) is 0 Å². The summed E-state index contributed by atoms with van der Waals surface area (Å²) in [6.45, 7) is 7.68. The molecule has 0 radical (unpaired) electrons. The lowest BCUT2D eigenvalue weighted by Crippen LogP contribution is -2.54. The Morgan fingerprint density at radius 2 is 1.88 bits per heavy atom. The summed E-state index contributed by atoms with van der Waals surface area (Å²) >= 11 is 3.46. The van der Waals surface area contributed by atoms with E-state index in [0.717, 1.165) is 56.0 Å². The highest BCUT2D eigenvalue weighted by Crippen LogP contribution is 2.18. The van der Waals surface area contributed by atoms with Crippen molar-refractivity contribution in [1.29, 1.82) is 0 Å². The van der Waals surface area contributed by atoms with Gasteiger partial charge in [-0.05, 0) is 37.5 Å². The van der Waals surface area contributed by atoms with E-state index in [9.17, 15) is 4.79 Å². The van der Waals surface area contributed by atoms with Crippen LogP contribution in [0.1, 0.15) is 25.3 Å². The number of carbonyl (C=O) groups excluding carboxylic acids is 1. The van der Waals surface area contributed by atoms with Gasteiger partial charge in [-0.15, -0.1) is 0 Å². The summed E-state index contributed by atoms with van der Waals surface area (Å²) in [5.74, 6) is 1.12. The Morgan fingerprint density at radius 3 is 2.50 bits per heavy atom. The first kappa shape index (κ1) is 19.2. The molecule has 0 atom stereocenters. The molecule has 1 saturated carbocycles. The quantitative estimate of drug-likeness (QED) is 0.543. The van der Waals surface area contributed by atoms with E-state index in [-0.39, 0.29) is 5.91 Å². The summed E-state index contributed by atoms with van der Waals surface area (Å²) in [7, 11) is 0. The second-order valence-electron chi connectivity index (χ2n) is 6.90. The third kappa shape index (κ3) is 5.99. The van der Waals surface area contributed by atoms with Crippen molar-refractivity contribution >= 4 is 27.8 Å². The average Bonchev–Trinajstić information content (AvgIpc) is 3.44. The molecule has 1 aromatic rings. The summed E-state index contributed by atoms with van der Waals surface area (Å²) in [5.41, 5.74) is 1.19. The van der Waals surface area contributed by atoms with Crippen LogP contribution in [0.3, 0.4) is 0 Å². The second kappa shape index (κ2) is 9.37. The van der Waals surface area contributed by atoms with Crippen LogP contribution in [-0.4, -0.2) is 67.0 Å². The lowest BCUT2D eigenvalue weighted by atomic mass is 10.2. The highest BCUT2D eigenvalue weighted by Gasteiger charge is 2.25. The minimum atomic E-state index is 0.164. The predicted octanol–water partition coefficient (Wildman–Crippen LogP) is 1.81. The molecular formula is C19H28BrN5O. The van der Waals surface area contributed by atoms with Gasteiger partial charge in [-0.3, -0.25) is 9.69 Å². The highest BCUT2D eigenvalue weighted by atomic mass is 79.9. The first-order valence-corrected chi connectivity index (χ1v) is 10.2. The Labute approximate surface area is 164 Å². The van der Waals surface area contributed by atoms with Gasteiger partial charge < -0.3 is 15.5 Å². The number of guanidine groups is 1. The molecule has 7 heteroatoms. The zero-order chi connectivity index (χ0) is 18.4. The maximum Gasteiger partial charge on any atom is 0.234 e. The van der Waals surface area contributed by atoms with Crippen molar-refractivity contribution in [2.45, 2.75) is 32.4 Å². The molecule has 2 aliphatic rings. The first-order chi connectivity index (χ1) is 12.6. The van der Waals surface area contributed by atoms with Gasteiger partial charge in [0.15, 0.2) is 5.96 Å². The van der Waals surface area contributed by atoms with E-state index in [2.05, 4.69) is 55.4 Å². The maximum absolute atomic E-state index is 12.0. The lowest BCUT2D eigenvalue weighted by molar-refractivity contribution is -0.122. The Kier molecular flexibility index (Phi) is 6.91. The van der Waals surface area contributed by atoms with E-state index in [1.54, 1.807) is 0 Å². The summed E-state index contributed by atoms with van der Waals surface area (Å²) in [6, 6.07) is 8.71. The molecule has 1 amide bonds. The summed E-state index contributed by atoms with van der Waals surface area (Å²) in [4.78, 5) is 21.3. The number of amides is 1. The molecule has 2 N–H and O–H groups in total. The van der Waals surface area contributed by atoms with Crippen LogP contribution < -0.4 is 10.6 Å². The van der Waals surface area contributed by atoms with Crippen LogP contribution in [0.25, 0.3) is 0 Å². The van der Waals surface area contributed by atoms with Crippen LogP contribution >= 0.6 is 15.9 Å². The third-order valence-corrected chi connectivity index (χ3v) is 5.17. The lowest BCUT2D eigenvalue weighted by Gasteiger charge is -2.36. The van der Waals surface area contributed by atoms with Crippen molar-refractivity contribution in [3.63, 3.8) is 0 Å². The number of hydrogen-bond acceptors (Lipinski definition) is 3. The van der Waals surface area contributed by atoms with Gasteiger partial charge in [0.25, 0.3) is 0 Å². The molecule has 0 aromatic heterocycles.